The smallest absolute Gasteiger partial charge is 0.433 e. The van der Waals surface area contributed by atoms with Crippen molar-refractivity contribution in [3.63, 3.8) is 0 Å². The molecule has 0 spiro atoms. The lowest BCUT2D eigenvalue weighted by Gasteiger charge is -2.26. The number of aliphatic imine (C=N–C) groups is 1. The van der Waals surface area contributed by atoms with E-state index in [1.807, 2.05) is 26.1 Å². The van der Waals surface area contributed by atoms with Gasteiger partial charge in [0.2, 0.25) is 5.90 Å². The lowest BCUT2D eigenvalue weighted by atomic mass is 10.2. The molecule has 4 rings (SSSR count). The van der Waals surface area contributed by atoms with Gasteiger partial charge in [0.1, 0.15) is 29.7 Å². The number of aromatic nitrogens is 1. The topological polar surface area (TPSA) is 50.2 Å². The number of nitrogens with zero attached hydrogens (tertiary/aromatic N) is 4. The molecule has 1 atom stereocenters. The number of likely N-dealkylation sites (N-methyl/N-ethyl adjacent to an activating group) is 1. The highest BCUT2D eigenvalue weighted by molar-refractivity contribution is 5.90. The molecular formula is C23H22F4N4O2. The minimum atomic E-state index is -4.62. The maximum atomic E-state index is 14.5. The van der Waals surface area contributed by atoms with E-state index in [9.17, 15) is 17.6 Å². The fourth-order valence-corrected chi connectivity index (χ4v) is 3.53. The molecule has 0 saturated carbocycles. The van der Waals surface area contributed by atoms with Crippen molar-refractivity contribution < 1.29 is 27.0 Å². The van der Waals surface area contributed by atoms with Gasteiger partial charge in [-0.1, -0.05) is 6.07 Å². The van der Waals surface area contributed by atoms with Crippen LogP contribution in [-0.2, 0) is 17.5 Å². The van der Waals surface area contributed by atoms with Gasteiger partial charge in [0.15, 0.2) is 11.6 Å². The molecule has 2 aromatic rings. The van der Waals surface area contributed by atoms with E-state index in [2.05, 4.69) is 26.7 Å². The first-order chi connectivity index (χ1) is 15.7. The van der Waals surface area contributed by atoms with Crippen LogP contribution in [0.1, 0.15) is 25.1 Å². The molecule has 0 bridgehead atoms. The summed E-state index contributed by atoms with van der Waals surface area (Å²) < 4.78 is 64.0. The molecular weight excluding hydrogens is 440 g/mol. The summed E-state index contributed by atoms with van der Waals surface area (Å²) in [6.45, 7) is 4.91. The van der Waals surface area contributed by atoms with Crippen LogP contribution in [0.2, 0.25) is 0 Å². The molecule has 3 heterocycles. The zero-order valence-electron chi connectivity index (χ0n) is 18.2. The number of alkyl halides is 3. The fraction of sp³-hybridized carbons (Fsp3) is 0.304. The number of rotatable bonds is 4. The maximum absolute atomic E-state index is 14.5. The Balaban J connectivity index is 1.45. The van der Waals surface area contributed by atoms with Crippen molar-refractivity contribution in [1.82, 2.24) is 14.8 Å². The summed E-state index contributed by atoms with van der Waals surface area (Å²) in [5, 5.41) is 0. The Kier molecular flexibility index (Phi) is 6.01. The standard InChI is InChI=1S/C23H22F4N4O2/c1-4-20-29-21(11-22-30(3)14(2)12-31(20)22)32-13-15-5-6-18(17(24)9-15)33-16-7-8-28-19(10-16)23(25,26)27/h4-11,14H,12-13H2,1-3H3/b20-4-/t14-/m1/s1. The van der Waals surface area contributed by atoms with Crippen molar-refractivity contribution in [2.24, 2.45) is 4.99 Å². The molecule has 1 saturated heterocycles. The predicted octanol–water partition coefficient (Wildman–Crippen LogP) is 5.30. The molecule has 174 valence electrons. The quantitative estimate of drug-likeness (QED) is 0.578. The van der Waals surface area contributed by atoms with Crippen LogP contribution in [-0.4, -0.2) is 40.3 Å². The zero-order chi connectivity index (χ0) is 23.8. The van der Waals surface area contributed by atoms with E-state index in [1.54, 1.807) is 6.07 Å². The van der Waals surface area contributed by atoms with Gasteiger partial charge < -0.3 is 19.3 Å². The predicted molar refractivity (Wildman–Crippen MR) is 114 cm³/mol. The molecule has 1 fully saturated rings. The molecule has 0 amide bonds. The van der Waals surface area contributed by atoms with E-state index in [1.165, 1.54) is 18.2 Å². The van der Waals surface area contributed by atoms with E-state index in [0.29, 0.717) is 23.6 Å². The SMILES string of the molecule is C/C=C1/N=C(OCc2ccc(Oc3ccnc(C(F)(F)F)c3)c(F)c2)C=C2N1C[C@@H](C)N2C. The van der Waals surface area contributed by atoms with E-state index < -0.39 is 17.7 Å². The van der Waals surface area contributed by atoms with Gasteiger partial charge in [-0.25, -0.2) is 4.39 Å². The summed E-state index contributed by atoms with van der Waals surface area (Å²) in [6, 6.07) is 6.40. The Labute approximate surface area is 188 Å². The van der Waals surface area contributed by atoms with Crippen LogP contribution in [0.5, 0.6) is 11.5 Å². The van der Waals surface area contributed by atoms with Crippen molar-refractivity contribution in [1.29, 1.82) is 0 Å². The highest BCUT2D eigenvalue weighted by Gasteiger charge is 2.34. The van der Waals surface area contributed by atoms with Crippen LogP contribution in [0, 0.1) is 5.82 Å². The van der Waals surface area contributed by atoms with Gasteiger partial charge in [0.05, 0.1) is 0 Å². The Morgan fingerprint density at radius 3 is 2.70 bits per heavy atom. The summed E-state index contributed by atoms with van der Waals surface area (Å²) in [6.07, 6.45) is 0.0785. The van der Waals surface area contributed by atoms with E-state index in [0.717, 1.165) is 24.4 Å². The average molecular weight is 462 g/mol. The lowest BCUT2D eigenvalue weighted by molar-refractivity contribution is -0.141. The van der Waals surface area contributed by atoms with E-state index in [-0.39, 0.29) is 18.1 Å². The average Bonchev–Trinajstić information content (AvgIpc) is 3.07. The van der Waals surface area contributed by atoms with Crippen LogP contribution >= 0.6 is 0 Å². The first-order valence-electron chi connectivity index (χ1n) is 10.2. The molecule has 33 heavy (non-hydrogen) atoms. The van der Waals surface area contributed by atoms with Gasteiger partial charge in [-0.2, -0.15) is 18.2 Å². The van der Waals surface area contributed by atoms with Crippen molar-refractivity contribution in [2.75, 3.05) is 13.6 Å². The lowest BCUT2D eigenvalue weighted by Crippen LogP contribution is -2.26. The molecule has 2 aliphatic heterocycles. The second-order valence-corrected chi connectivity index (χ2v) is 7.70. The number of benzene rings is 1. The molecule has 0 unspecified atom stereocenters. The third-order valence-electron chi connectivity index (χ3n) is 5.39. The van der Waals surface area contributed by atoms with Crippen LogP contribution < -0.4 is 4.74 Å². The monoisotopic (exact) mass is 462 g/mol. The Bertz CT molecular complexity index is 1140. The summed E-state index contributed by atoms with van der Waals surface area (Å²) in [7, 11) is 2.00. The zero-order valence-corrected chi connectivity index (χ0v) is 18.2. The molecule has 10 heteroatoms. The van der Waals surface area contributed by atoms with Crippen LogP contribution in [0.15, 0.2) is 65.3 Å². The first-order valence-corrected chi connectivity index (χ1v) is 10.2. The minimum absolute atomic E-state index is 0.0591. The molecule has 0 N–H and O–H groups in total. The van der Waals surface area contributed by atoms with Gasteiger partial charge in [-0.05, 0) is 43.7 Å². The van der Waals surface area contributed by atoms with E-state index in [4.69, 9.17) is 9.47 Å². The van der Waals surface area contributed by atoms with Gasteiger partial charge in [-0.15, -0.1) is 0 Å². The third kappa shape index (κ3) is 4.79. The maximum Gasteiger partial charge on any atom is 0.433 e. The molecule has 0 aliphatic carbocycles. The minimum Gasteiger partial charge on any atom is -0.473 e. The van der Waals surface area contributed by atoms with Gasteiger partial charge >= 0.3 is 6.18 Å². The number of ether oxygens (including phenoxy) is 2. The Morgan fingerprint density at radius 1 is 1.21 bits per heavy atom. The third-order valence-corrected chi connectivity index (χ3v) is 5.39. The van der Waals surface area contributed by atoms with Crippen LogP contribution in [0.4, 0.5) is 17.6 Å². The summed E-state index contributed by atoms with van der Waals surface area (Å²) in [5.41, 5.74) is -0.599. The van der Waals surface area contributed by atoms with Crippen LogP contribution in [0.25, 0.3) is 0 Å². The highest BCUT2D eigenvalue weighted by atomic mass is 19.4. The largest absolute Gasteiger partial charge is 0.473 e. The number of pyridine rings is 1. The van der Waals surface area contributed by atoms with Crippen molar-refractivity contribution in [2.45, 2.75) is 32.7 Å². The number of hydrogen-bond donors (Lipinski definition) is 0. The molecule has 1 aromatic carbocycles. The van der Waals surface area contributed by atoms with Crippen molar-refractivity contribution in [3.05, 3.63) is 77.4 Å². The van der Waals surface area contributed by atoms with Gasteiger partial charge in [0, 0.05) is 38.0 Å². The first kappa shape index (κ1) is 22.6. The highest BCUT2D eigenvalue weighted by Crippen LogP contribution is 2.32. The normalized spacial score (nSPS) is 19.4. The van der Waals surface area contributed by atoms with Crippen molar-refractivity contribution in [3.8, 4) is 11.5 Å². The molecule has 1 aromatic heterocycles. The fourth-order valence-electron chi connectivity index (χ4n) is 3.53. The molecule has 6 nitrogen and oxygen atoms in total. The number of fused-ring (bicyclic) bond motifs is 1. The Hall–Kier alpha value is -3.56. The van der Waals surface area contributed by atoms with Gasteiger partial charge in [-0.3, -0.25) is 4.98 Å². The van der Waals surface area contributed by atoms with Crippen molar-refractivity contribution >= 4 is 5.90 Å². The Morgan fingerprint density at radius 2 is 2.00 bits per heavy atom. The second-order valence-electron chi connectivity index (χ2n) is 7.70. The number of hydrogen-bond acceptors (Lipinski definition) is 6. The molecule has 0 radical (unpaired) electrons. The second kappa shape index (κ2) is 8.76. The summed E-state index contributed by atoms with van der Waals surface area (Å²) in [4.78, 5) is 12.0. The number of allylic oxidation sites excluding steroid dienone is 1. The van der Waals surface area contributed by atoms with Gasteiger partial charge in [0.25, 0.3) is 0 Å². The summed E-state index contributed by atoms with van der Waals surface area (Å²) in [5.74, 6) is 1.07. The molecule has 2 aliphatic rings. The van der Waals surface area contributed by atoms with Crippen LogP contribution in [0.3, 0.4) is 0 Å². The summed E-state index contributed by atoms with van der Waals surface area (Å²) >= 11 is 0. The number of halogens is 4. The van der Waals surface area contributed by atoms with E-state index >= 15 is 0 Å².